The van der Waals surface area contributed by atoms with Crippen LogP contribution in [0.1, 0.15) is 5.56 Å². The van der Waals surface area contributed by atoms with Gasteiger partial charge in [-0.15, -0.1) is 12.4 Å². The summed E-state index contributed by atoms with van der Waals surface area (Å²) in [5.74, 6) is 0.544. The number of hydrogen-bond acceptors (Lipinski definition) is 2. The molecule has 0 bridgehead atoms. The highest BCUT2D eigenvalue weighted by molar-refractivity contribution is 5.85. The van der Waals surface area contributed by atoms with Gasteiger partial charge in [0.05, 0.1) is 18.4 Å². The minimum absolute atomic E-state index is 0. The van der Waals surface area contributed by atoms with Gasteiger partial charge in [-0.05, 0) is 11.1 Å². The molecule has 0 radical (unpaired) electrons. The Bertz CT molecular complexity index is 663. The molecule has 4 heteroatoms. The third kappa shape index (κ3) is 2.83. The number of halogens is 1. The molecule has 2 aromatic carbocycles. The molecule has 0 amide bonds. The van der Waals surface area contributed by atoms with E-state index in [-0.39, 0.29) is 12.4 Å². The minimum atomic E-state index is 0. The van der Waals surface area contributed by atoms with Crippen LogP contribution in [0.5, 0.6) is 0 Å². The molecular formula is C16H16ClN3. The summed E-state index contributed by atoms with van der Waals surface area (Å²) in [6.07, 6.45) is 1.83. The molecule has 0 unspecified atom stereocenters. The van der Waals surface area contributed by atoms with E-state index in [4.69, 9.17) is 5.73 Å². The summed E-state index contributed by atoms with van der Waals surface area (Å²) < 4.78 is 2.03. The molecule has 0 aliphatic rings. The number of nitrogens with zero attached hydrogens (tertiary/aromatic N) is 2. The van der Waals surface area contributed by atoms with E-state index in [9.17, 15) is 0 Å². The number of imidazole rings is 1. The van der Waals surface area contributed by atoms with Gasteiger partial charge in [-0.2, -0.15) is 0 Å². The van der Waals surface area contributed by atoms with Crippen LogP contribution in [0.4, 0.5) is 5.95 Å². The molecule has 0 aliphatic heterocycles. The number of nitrogens with two attached hydrogens (primary N) is 1. The van der Waals surface area contributed by atoms with E-state index in [1.54, 1.807) is 0 Å². The number of hydrogen-bond donors (Lipinski definition) is 1. The molecule has 0 spiro atoms. The topological polar surface area (TPSA) is 43.8 Å². The minimum Gasteiger partial charge on any atom is -0.369 e. The van der Waals surface area contributed by atoms with Crippen LogP contribution < -0.4 is 5.73 Å². The molecule has 3 rings (SSSR count). The van der Waals surface area contributed by atoms with Crippen molar-refractivity contribution in [3.05, 3.63) is 72.4 Å². The summed E-state index contributed by atoms with van der Waals surface area (Å²) in [5, 5.41) is 0. The first-order valence-corrected chi connectivity index (χ1v) is 6.25. The highest BCUT2D eigenvalue weighted by Crippen LogP contribution is 2.22. The Balaban J connectivity index is 0.00000147. The van der Waals surface area contributed by atoms with Crippen molar-refractivity contribution in [2.24, 2.45) is 0 Å². The van der Waals surface area contributed by atoms with E-state index >= 15 is 0 Å². The Hall–Kier alpha value is -2.26. The maximum Gasteiger partial charge on any atom is 0.200 e. The molecule has 3 nitrogen and oxygen atoms in total. The molecule has 0 aliphatic carbocycles. The van der Waals surface area contributed by atoms with Crippen molar-refractivity contribution in [1.82, 2.24) is 9.55 Å². The molecule has 102 valence electrons. The second-order valence-electron chi connectivity index (χ2n) is 4.44. The van der Waals surface area contributed by atoms with Crippen LogP contribution in [0, 0.1) is 0 Å². The Morgan fingerprint density at radius 2 is 1.50 bits per heavy atom. The lowest BCUT2D eigenvalue weighted by Crippen LogP contribution is -2.06. The standard InChI is InChI=1S/C16H15N3.ClH/c17-16-18-11-15(14-9-5-2-6-10-14)19(16)12-13-7-3-1-4-8-13;/h1-11H,12H2,(H2,17,18);1H. The third-order valence-corrected chi connectivity index (χ3v) is 3.14. The van der Waals surface area contributed by atoms with Gasteiger partial charge >= 0.3 is 0 Å². The van der Waals surface area contributed by atoms with E-state index in [2.05, 4.69) is 29.2 Å². The second-order valence-corrected chi connectivity index (χ2v) is 4.44. The number of rotatable bonds is 3. The van der Waals surface area contributed by atoms with Gasteiger partial charge in [-0.25, -0.2) is 4.98 Å². The number of anilines is 1. The summed E-state index contributed by atoms with van der Waals surface area (Å²) in [6.45, 7) is 0.733. The average Bonchev–Trinajstić information content (AvgIpc) is 2.82. The van der Waals surface area contributed by atoms with Crippen molar-refractivity contribution in [1.29, 1.82) is 0 Å². The van der Waals surface area contributed by atoms with Crippen molar-refractivity contribution >= 4 is 18.4 Å². The van der Waals surface area contributed by atoms with Gasteiger partial charge in [0.1, 0.15) is 0 Å². The fourth-order valence-electron chi connectivity index (χ4n) is 2.16. The van der Waals surface area contributed by atoms with E-state index in [1.807, 2.05) is 47.2 Å². The zero-order valence-electron chi connectivity index (χ0n) is 10.9. The largest absolute Gasteiger partial charge is 0.369 e. The Morgan fingerprint density at radius 3 is 2.15 bits per heavy atom. The van der Waals surface area contributed by atoms with Crippen LogP contribution in [0.3, 0.4) is 0 Å². The highest BCUT2D eigenvalue weighted by atomic mass is 35.5. The predicted molar refractivity (Wildman–Crippen MR) is 84.9 cm³/mol. The zero-order valence-corrected chi connectivity index (χ0v) is 11.8. The monoisotopic (exact) mass is 285 g/mol. The Morgan fingerprint density at radius 1 is 0.900 bits per heavy atom. The van der Waals surface area contributed by atoms with E-state index in [0.29, 0.717) is 5.95 Å². The number of nitrogen functional groups attached to an aromatic ring is 1. The smallest absolute Gasteiger partial charge is 0.200 e. The molecule has 0 fully saturated rings. The first-order valence-electron chi connectivity index (χ1n) is 6.25. The fraction of sp³-hybridized carbons (Fsp3) is 0.0625. The zero-order chi connectivity index (χ0) is 13.1. The quantitative estimate of drug-likeness (QED) is 0.799. The van der Waals surface area contributed by atoms with Gasteiger partial charge in [0.2, 0.25) is 5.95 Å². The predicted octanol–water partition coefficient (Wildman–Crippen LogP) is 3.60. The Kier molecular flexibility index (Phi) is 4.43. The van der Waals surface area contributed by atoms with Gasteiger partial charge in [0, 0.05) is 0 Å². The van der Waals surface area contributed by atoms with E-state index in [0.717, 1.165) is 17.8 Å². The first-order chi connectivity index (χ1) is 9.34. The van der Waals surface area contributed by atoms with Crippen molar-refractivity contribution in [2.75, 3.05) is 5.73 Å². The van der Waals surface area contributed by atoms with Crippen molar-refractivity contribution in [3.8, 4) is 11.3 Å². The van der Waals surface area contributed by atoms with Crippen molar-refractivity contribution < 1.29 is 0 Å². The van der Waals surface area contributed by atoms with Gasteiger partial charge < -0.3 is 10.3 Å². The maximum atomic E-state index is 5.98. The van der Waals surface area contributed by atoms with Gasteiger partial charge in [-0.1, -0.05) is 60.7 Å². The van der Waals surface area contributed by atoms with Crippen LogP contribution in [-0.4, -0.2) is 9.55 Å². The van der Waals surface area contributed by atoms with Gasteiger partial charge in [0.15, 0.2) is 0 Å². The molecule has 1 heterocycles. The lowest BCUT2D eigenvalue weighted by molar-refractivity contribution is 0.818. The van der Waals surface area contributed by atoms with Gasteiger partial charge in [-0.3, -0.25) is 0 Å². The van der Waals surface area contributed by atoms with Gasteiger partial charge in [0.25, 0.3) is 0 Å². The molecular weight excluding hydrogens is 270 g/mol. The van der Waals surface area contributed by atoms with Crippen LogP contribution in [-0.2, 0) is 6.54 Å². The van der Waals surface area contributed by atoms with Crippen LogP contribution in [0.15, 0.2) is 66.9 Å². The highest BCUT2D eigenvalue weighted by Gasteiger charge is 2.09. The van der Waals surface area contributed by atoms with E-state index < -0.39 is 0 Å². The lowest BCUT2D eigenvalue weighted by atomic mass is 10.1. The fourth-order valence-corrected chi connectivity index (χ4v) is 2.16. The number of aromatic nitrogens is 2. The summed E-state index contributed by atoms with van der Waals surface area (Å²) in [4.78, 5) is 4.23. The van der Waals surface area contributed by atoms with Crippen LogP contribution in [0.25, 0.3) is 11.3 Å². The lowest BCUT2D eigenvalue weighted by Gasteiger charge is -2.10. The SMILES string of the molecule is Cl.Nc1ncc(-c2ccccc2)n1Cc1ccccc1. The molecule has 1 aromatic heterocycles. The normalized spacial score (nSPS) is 10.0. The molecule has 3 aromatic rings. The Labute approximate surface area is 124 Å². The summed E-state index contributed by atoms with van der Waals surface area (Å²) >= 11 is 0. The van der Waals surface area contributed by atoms with Crippen molar-refractivity contribution in [2.45, 2.75) is 6.54 Å². The van der Waals surface area contributed by atoms with Crippen LogP contribution >= 0.6 is 12.4 Å². The summed E-state index contributed by atoms with van der Waals surface area (Å²) in [7, 11) is 0. The molecule has 20 heavy (non-hydrogen) atoms. The first kappa shape index (κ1) is 14.2. The molecule has 2 N–H and O–H groups in total. The van der Waals surface area contributed by atoms with E-state index in [1.165, 1.54) is 5.56 Å². The number of benzene rings is 2. The third-order valence-electron chi connectivity index (χ3n) is 3.14. The summed E-state index contributed by atoms with van der Waals surface area (Å²) in [6, 6.07) is 20.4. The molecule has 0 saturated heterocycles. The van der Waals surface area contributed by atoms with Crippen molar-refractivity contribution in [3.63, 3.8) is 0 Å². The second kappa shape index (κ2) is 6.26. The molecule has 0 atom stereocenters. The average molecular weight is 286 g/mol. The maximum absolute atomic E-state index is 5.98. The summed E-state index contributed by atoms with van der Waals surface area (Å²) in [5.41, 5.74) is 9.36. The van der Waals surface area contributed by atoms with Crippen LogP contribution in [0.2, 0.25) is 0 Å². The molecule has 0 saturated carbocycles.